The second-order valence-electron chi connectivity index (χ2n) is 4.74. The number of hydrogen-bond donors (Lipinski definition) is 1. The summed E-state index contributed by atoms with van der Waals surface area (Å²) in [5, 5.41) is 10.7. The predicted octanol–water partition coefficient (Wildman–Crippen LogP) is 3.61. The number of benzene rings is 1. The van der Waals surface area contributed by atoms with Crippen LogP contribution in [0.5, 0.6) is 0 Å². The summed E-state index contributed by atoms with van der Waals surface area (Å²) < 4.78 is 13.8. The van der Waals surface area contributed by atoms with E-state index in [1.165, 1.54) is 6.07 Å². The zero-order chi connectivity index (χ0) is 11.6. The van der Waals surface area contributed by atoms with Gasteiger partial charge in [0.1, 0.15) is 5.82 Å². The third kappa shape index (κ3) is 1.86. The maximum absolute atomic E-state index is 13.8. The van der Waals surface area contributed by atoms with Crippen LogP contribution in [0.1, 0.15) is 44.6 Å². The minimum Gasteiger partial charge on any atom is -0.385 e. The summed E-state index contributed by atoms with van der Waals surface area (Å²) in [7, 11) is 0. The van der Waals surface area contributed by atoms with Crippen LogP contribution in [0.25, 0.3) is 0 Å². The molecular formula is C14H19FO. The summed E-state index contributed by atoms with van der Waals surface area (Å²) in [6.07, 6.45) is 4.92. The lowest BCUT2D eigenvalue weighted by Gasteiger charge is -2.34. The van der Waals surface area contributed by atoms with Gasteiger partial charge in [-0.25, -0.2) is 4.39 Å². The molecular weight excluding hydrogens is 203 g/mol. The smallest absolute Gasteiger partial charge is 0.129 e. The van der Waals surface area contributed by atoms with E-state index in [1.54, 1.807) is 18.2 Å². The summed E-state index contributed by atoms with van der Waals surface area (Å²) in [6, 6.07) is 6.62. The standard InChI is InChI=1S/C14H19FO/c1-2-14(16,11-7-3-4-8-11)12-9-5-6-10-13(12)15/h5-6,9-11,16H,2-4,7-8H2,1H3. The number of hydrogen-bond acceptors (Lipinski definition) is 1. The van der Waals surface area contributed by atoms with Crippen molar-refractivity contribution in [1.82, 2.24) is 0 Å². The van der Waals surface area contributed by atoms with E-state index in [0.29, 0.717) is 12.0 Å². The molecule has 1 N–H and O–H groups in total. The van der Waals surface area contributed by atoms with Gasteiger partial charge in [-0.2, -0.15) is 0 Å². The van der Waals surface area contributed by atoms with Crippen LogP contribution < -0.4 is 0 Å². The van der Waals surface area contributed by atoms with Gasteiger partial charge in [0.2, 0.25) is 0 Å². The molecule has 88 valence electrons. The number of halogens is 1. The molecule has 2 rings (SSSR count). The molecule has 0 bridgehead atoms. The molecule has 0 aromatic heterocycles. The van der Waals surface area contributed by atoms with Crippen LogP contribution in [0.4, 0.5) is 4.39 Å². The van der Waals surface area contributed by atoms with Crippen LogP contribution >= 0.6 is 0 Å². The largest absolute Gasteiger partial charge is 0.385 e. The zero-order valence-corrected chi connectivity index (χ0v) is 9.75. The van der Waals surface area contributed by atoms with Gasteiger partial charge in [-0.3, -0.25) is 0 Å². The normalized spacial score (nSPS) is 20.9. The molecule has 0 amide bonds. The van der Waals surface area contributed by atoms with Crippen molar-refractivity contribution in [2.45, 2.75) is 44.6 Å². The molecule has 0 saturated heterocycles. The van der Waals surface area contributed by atoms with Gasteiger partial charge in [0.15, 0.2) is 0 Å². The molecule has 0 aliphatic heterocycles. The van der Waals surface area contributed by atoms with E-state index in [-0.39, 0.29) is 11.7 Å². The Balaban J connectivity index is 2.37. The Hall–Kier alpha value is -0.890. The SMILES string of the molecule is CCC(O)(c1ccccc1F)C1CCCC1. The Morgan fingerprint density at radius 1 is 1.31 bits per heavy atom. The van der Waals surface area contributed by atoms with E-state index >= 15 is 0 Å². The monoisotopic (exact) mass is 222 g/mol. The second kappa shape index (κ2) is 4.54. The number of rotatable bonds is 3. The van der Waals surface area contributed by atoms with Crippen molar-refractivity contribution in [2.24, 2.45) is 5.92 Å². The van der Waals surface area contributed by atoms with Gasteiger partial charge in [0.05, 0.1) is 5.60 Å². The van der Waals surface area contributed by atoms with E-state index in [2.05, 4.69) is 0 Å². The van der Waals surface area contributed by atoms with Gasteiger partial charge in [-0.15, -0.1) is 0 Å². The van der Waals surface area contributed by atoms with Crippen LogP contribution in [-0.4, -0.2) is 5.11 Å². The lowest BCUT2D eigenvalue weighted by Crippen LogP contribution is -2.34. The topological polar surface area (TPSA) is 20.2 Å². The average Bonchev–Trinajstić information content (AvgIpc) is 2.82. The first-order valence-electron chi connectivity index (χ1n) is 6.16. The van der Waals surface area contributed by atoms with Crippen molar-refractivity contribution in [3.63, 3.8) is 0 Å². The van der Waals surface area contributed by atoms with Gasteiger partial charge in [-0.05, 0) is 31.2 Å². The van der Waals surface area contributed by atoms with E-state index in [0.717, 1.165) is 25.7 Å². The third-order valence-corrected chi connectivity index (χ3v) is 3.91. The first kappa shape index (κ1) is 11.6. The molecule has 1 fully saturated rings. The van der Waals surface area contributed by atoms with E-state index in [9.17, 15) is 9.50 Å². The summed E-state index contributed by atoms with van der Waals surface area (Å²) in [5.41, 5.74) is -0.494. The van der Waals surface area contributed by atoms with Gasteiger partial charge < -0.3 is 5.11 Å². The van der Waals surface area contributed by atoms with Crippen LogP contribution in [0, 0.1) is 11.7 Å². The van der Waals surface area contributed by atoms with Gasteiger partial charge in [-0.1, -0.05) is 38.0 Å². The first-order chi connectivity index (χ1) is 7.68. The minimum absolute atomic E-state index is 0.217. The highest BCUT2D eigenvalue weighted by molar-refractivity contribution is 5.25. The van der Waals surface area contributed by atoms with Gasteiger partial charge >= 0.3 is 0 Å². The molecule has 1 nitrogen and oxygen atoms in total. The maximum atomic E-state index is 13.8. The van der Waals surface area contributed by atoms with Crippen LogP contribution in [0.2, 0.25) is 0 Å². The molecule has 16 heavy (non-hydrogen) atoms. The van der Waals surface area contributed by atoms with Gasteiger partial charge in [0, 0.05) is 5.56 Å². The van der Waals surface area contributed by atoms with Gasteiger partial charge in [0.25, 0.3) is 0 Å². The van der Waals surface area contributed by atoms with E-state index < -0.39 is 5.60 Å². The molecule has 1 saturated carbocycles. The summed E-state index contributed by atoms with van der Waals surface area (Å²) >= 11 is 0. The average molecular weight is 222 g/mol. The predicted molar refractivity (Wildman–Crippen MR) is 62.5 cm³/mol. The van der Waals surface area contributed by atoms with Crippen molar-refractivity contribution in [2.75, 3.05) is 0 Å². The summed E-state index contributed by atoms with van der Waals surface area (Å²) in [5.74, 6) is -0.0619. The highest BCUT2D eigenvalue weighted by Crippen LogP contribution is 2.43. The molecule has 2 heteroatoms. The molecule has 1 atom stereocenters. The van der Waals surface area contributed by atoms with Crippen molar-refractivity contribution < 1.29 is 9.50 Å². The van der Waals surface area contributed by atoms with Crippen molar-refractivity contribution >= 4 is 0 Å². The van der Waals surface area contributed by atoms with Crippen LogP contribution in [0.15, 0.2) is 24.3 Å². The summed E-state index contributed by atoms with van der Waals surface area (Å²) in [6.45, 7) is 1.94. The lowest BCUT2D eigenvalue weighted by atomic mass is 9.78. The van der Waals surface area contributed by atoms with Crippen molar-refractivity contribution in [1.29, 1.82) is 0 Å². The molecule has 1 aromatic carbocycles. The lowest BCUT2D eigenvalue weighted by molar-refractivity contribution is -0.0285. The second-order valence-corrected chi connectivity index (χ2v) is 4.74. The molecule has 1 aliphatic carbocycles. The molecule has 1 aromatic rings. The Bertz CT molecular complexity index is 358. The third-order valence-electron chi connectivity index (χ3n) is 3.91. The fourth-order valence-electron chi connectivity index (χ4n) is 2.91. The quantitative estimate of drug-likeness (QED) is 0.828. The van der Waals surface area contributed by atoms with Crippen molar-refractivity contribution in [3.05, 3.63) is 35.6 Å². The fraction of sp³-hybridized carbons (Fsp3) is 0.571. The molecule has 0 heterocycles. The molecule has 0 spiro atoms. The minimum atomic E-state index is -0.970. The Morgan fingerprint density at radius 3 is 2.50 bits per heavy atom. The van der Waals surface area contributed by atoms with Crippen LogP contribution in [-0.2, 0) is 5.60 Å². The highest BCUT2D eigenvalue weighted by atomic mass is 19.1. The molecule has 1 aliphatic rings. The fourth-order valence-corrected chi connectivity index (χ4v) is 2.91. The van der Waals surface area contributed by atoms with Crippen LogP contribution in [0.3, 0.4) is 0 Å². The summed E-state index contributed by atoms with van der Waals surface area (Å²) in [4.78, 5) is 0. The zero-order valence-electron chi connectivity index (χ0n) is 9.75. The molecule has 0 radical (unpaired) electrons. The molecule has 1 unspecified atom stereocenters. The Morgan fingerprint density at radius 2 is 1.94 bits per heavy atom. The Labute approximate surface area is 96.3 Å². The Kier molecular flexibility index (Phi) is 3.29. The number of aliphatic hydroxyl groups is 1. The van der Waals surface area contributed by atoms with Crippen molar-refractivity contribution in [3.8, 4) is 0 Å². The highest BCUT2D eigenvalue weighted by Gasteiger charge is 2.39. The first-order valence-corrected chi connectivity index (χ1v) is 6.16. The van der Waals surface area contributed by atoms with E-state index in [1.807, 2.05) is 6.92 Å². The maximum Gasteiger partial charge on any atom is 0.129 e. The van der Waals surface area contributed by atoms with E-state index in [4.69, 9.17) is 0 Å².